The fourth-order valence-electron chi connectivity index (χ4n) is 1.89. The second-order valence-electron chi connectivity index (χ2n) is 4.48. The van der Waals surface area contributed by atoms with Gasteiger partial charge in [0.25, 0.3) is 0 Å². The number of rotatable bonds is 3. The van der Waals surface area contributed by atoms with Crippen molar-refractivity contribution in [3.63, 3.8) is 0 Å². The van der Waals surface area contributed by atoms with E-state index in [4.69, 9.17) is 0 Å². The Morgan fingerprint density at radius 2 is 1.87 bits per heavy atom. The van der Waals surface area contributed by atoms with Crippen molar-refractivity contribution >= 4 is 5.78 Å². The maximum absolute atomic E-state index is 14.3. The summed E-state index contributed by atoms with van der Waals surface area (Å²) in [7, 11) is 0. The molecule has 15 heavy (non-hydrogen) atoms. The number of ketones is 1. The minimum absolute atomic E-state index is 0.0218. The molecule has 1 aromatic rings. The topological polar surface area (TPSA) is 17.1 Å². The number of carbonyl (C=O) groups is 1. The van der Waals surface area contributed by atoms with E-state index in [2.05, 4.69) is 0 Å². The van der Waals surface area contributed by atoms with Crippen molar-refractivity contribution in [2.24, 2.45) is 5.92 Å². The Hall–Kier alpha value is -1.18. The van der Waals surface area contributed by atoms with Gasteiger partial charge in [-0.05, 0) is 38.2 Å². The van der Waals surface area contributed by atoms with E-state index in [1.54, 1.807) is 31.2 Å². The molecule has 0 bridgehead atoms. The molecule has 0 amide bonds. The van der Waals surface area contributed by atoms with Crippen LogP contribution >= 0.6 is 0 Å². The minimum Gasteiger partial charge on any atom is -0.295 e. The van der Waals surface area contributed by atoms with Crippen molar-refractivity contribution in [3.05, 3.63) is 35.4 Å². The molecular weight excluding hydrogens is 191 g/mol. The van der Waals surface area contributed by atoms with Crippen LogP contribution in [0.2, 0.25) is 0 Å². The molecule has 2 heteroatoms. The Labute approximate surface area is 89.3 Å². The first kappa shape index (κ1) is 10.3. The Kier molecular flexibility index (Phi) is 2.37. The van der Waals surface area contributed by atoms with Gasteiger partial charge in [-0.25, -0.2) is 4.39 Å². The average Bonchev–Trinajstić information content (AvgIpc) is 3.01. The maximum Gasteiger partial charge on any atom is 0.159 e. The van der Waals surface area contributed by atoms with E-state index >= 15 is 0 Å². The number of carbonyl (C=O) groups excluding carboxylic acids is 1. The summed E-state index contributed by atoms with van der Waals surface area (Å²) in [5, 5.41) is 0. The molecule has 0 saturated heterocycles. The lowest BCUT2D eigenvalue weighted by Gasteiger charge is -2.20. The lowest BCUT2D eigenvalue weighted by molar-refractivity contribution is 0.101. The van der Waals surface area contributed by atoms with Crippen LogP contribution in [0.15, 0.2) is 24.3 Å². The van der Waals surface area contributed by atoms with Crippen LogP contribution < -0.4 is 0 Å². The van der Waals surface area contributed by atoms with Crippen LogP contribution in [0.4, 0.5) is 4.39 Å². The van der Waals surface area contributed by atoms with Crippen molar-refractivity contribution in [2.45, 2.75) is 32.4 Å². The van der Waals surface area contributed by atoms with E-state index < -0.39 is 5.67 Å². The zero-order valence-corrected chi connectivity index (χ0v) is 9.09. The summed E-state index contributed by atoms with van der Waals surface area (Å²) in [5.41, 5.74) is 0.107. The summed E-state index contributed by atoms with van der Waals surface area (Å²) in [6, 6.07) is 6.87. The fraction of sp³-hybridized carbons (Fsp3) is 0.462. The van der Waals surface area contributed by atoms with Gasteiger partial charge >= 0.3 is 0 Å². The normalized spacial score (nSPS) is 19.7. The van der Waals surface area contributed by atoms with E-state index in [1.165, 1.54) is 6.92 Å². The van der Waals surface area contributed by atoms with Crippen molar-refractivity contribution in [1.29, 1.82) is 0 Å². The fourth-order valence-corrected chi connectivity index (χ4v) is 1.89. The number of benzene rings is 1. The summed E-state index contributed by atoms with van der Waals surface area (Å²) in [4.78, 5) is 11.1. The highest BCUT2D eigenvalue weighted by Crippen LogP contribution is 2.48. The molecule has 1 unspecified atom stereocenters. The Morgan fingerprint density at radius 3 is 2.27 bits per heavy atom. The van der Waals surface area contributed by atoms with Crippen molar-refractivity contribution in [1.82, 2.24) is 0 Å². The molecule has 1 aliphatic carbocycles. The van der Waals surface area contributed by atoms with Gasteiger partial charge in [0.1, 0.15) is 5.67 Å². The van der Waals surface area contributed by atoms with Crippen LogP contribution in [0.25, 0.3) is 0 Å². The van der Waals surface area contributed by atoms with Gasteiger partial charge < -0.3 is 0 Å². The van der Waals surface area contributed by atoms with Gasteiger partial charge in [0.2, 0.25) is 0 Å². The van der Waals surface area contributed by atoms with Crippen LogP contribution in [-0.2, 0) is 5.67 Å². The smallest absolute Gasteiger partial charge is 0.159 e. The van der Waals surface area contributed by atoms with E-state index in [0.29, 0.717) is 11.1 Å². The Bertz CT molecular complexity index is 374. The average molecular weight is 206 g/mol. The number of alkyl halides is 1. The molecule has 0 aromatic heterocycles. The van der Waals surface area contributed by atoms with Crippen molar-refractivity contribution in [3.8, 4) is 0 Å². The molecule has 1 aromatic carbocycles. The molecule has 0 aliphatic heterocycles. The number of halogens is 1. The van der Waals surface area contributed by atoms with Crippen molar-refractivity contribution < 1.29 is 9.18 Å². The molecule has 0 heterocycles. The standard InChI is InChI=1S/C13H15FO/c1-9(15)10-3-5-11(6-4-10)13(2,14)12-7-8-12/h3-6,12H,7-8H2,1-2H3. The maximum atomic E-state index is 14.3. The lowest BCUT2D eigenvalue weighted by atomic mass is 9.92. The predicted octanol–water partition coefficient (Wildman–Crippen LogP) is 3.48. The zero-order valence-electron chi connectivity index (χ0n) is 9.09. The van der Waals surface area contributed by atoms with Crippen LogP contribution in [-0.4, -0.2) is 5.78 Å². The molecule has 1 atom stereocenters. The second-order valence-corrected chi connectivity index (χ2v) is 4.48. The van der Waals surface area contributed by atoms with E-state index in [0.717, 1.165) is 12.8 Å². The number of hydrogen-bond acceptors (Lipinski definition) is 1. The van der Waals surface area contributed by atoms with Gasteiger partial charge in [-0.1, -0.05) is 24.3 Å². The quantitative estimate of drug-likeness (QED) is 0.692. The summed E-state index contributed by atoms with van der Waals surface area (Å²) < 4.78 is 14.3. The van der Waals surface area contributed by atoms with E-state index in [9.17, 15) is 9.18 Å². The second kappa shape index (κ2) is 3.44. The van der Waals surface area contributed by atoms with Crippen LogP contribution in [0.1, 0.15) is 42.6 Å². The summed E-state index contributed by atoms with van der Waals surface area (Å²) >= 11 is 0. The van der Waals surface area contributed by atoms with Gasteiger partial charge in [0.05, 0.1) is 0 Å². The van der Waals surface area contributed by atoms with E-state index in [-0.39, 0.29) is 11.7 Å². The van der Waals surface area contributed by atoms with Crippen molar-refractivity contribution in [2.75, 3.05) is 0 Å². The molecule has 1 saturated carbocycles. The lowest BCUT2D eigenvalue weighted by Crippen LogP contribution is -2.17. The molecule has 2 rings (SSSR count). The molecule has 1 aliphatic rings. The predicted molar refractivity (Wildman–Crippen MR) is 57.6 cm³/mol. The zero-order chi connectivity index (χ0) is 11.1. The Morgan fingerprint density at radius 1 is 1.33 bits per heavy atom. The summed E-state index contributed by atoms with van der Waals surface area (Å²) in [6.07, 6.45) is 1.95. The highest BCUT2D eigenvalue weighted by molar-refractivity contribution is 5.94. The van der Waals surface area contributed by atoms with Gasteiger partial charge in [-0.15, -0.1) is 0 Å². The third-order valence-corrected chi connectivity index (χ3v) is 3.20. The summed E-state index contributed by atoms with van der Waals surface area (Å²) in [5.74, 6) is 0.189. The monoisotopic (exact) mass is 206 g/mol. The molecular formula is C13H15FO. The molecule has 1 nitrogen and oxygen atoms in total. The summed E-state index contributed by atoms with van der Waals surface area (Å²) in [6.45, 7) is 3.15. The third-order valence-electron chi connectivity index (χ3n) is 3.20. The van der Waals surface area contributed by atoms with Gasteiger partial charge in [-0.2, -0.15) is 0 Å². The highest BCUT2D eigenvalue weighted by Gasteiger charge is 2.43. The minimum atomic E-state index is -1.23. The molecule has 80 valence electrons. The molecule has 0 N–H and O–H groups in total. The first-order valence-corrected chi connectivity index (χ1v) is 5.32. The third kappa shape index (κ3) is 1.94. The molecule has 1 fully saturated rings. The number of hydrogen-bond donors (Lipinski definition) is 0. The van der Waals surface area contributed by atoms with Crippen LogP contribution in [0.3, 0.4) is 0 Å². The largest absolute Gasteiger partial charge is 0.295 e. The SMILES string of the molecule is CC(=O)c1ccc(C(C)(F)C2CC2)cc1. The van der Waals surface area contributed by atoms with Crippen LogP contribution in [0, 0.1) is 5.92 Å². The van der Waals surface area contributed by atoms with E-state index in [1.807, 2.05) is 0 Å². The van der Waals surface area contributed by atoms with Gasteiger partial charge in [-0.3, -0.25) is 4.79 Å². The highest BCUT2D eigenvalue weighted by atomic mass is 19.1. The Balaban J connectivity index is 2.26. The van der Waals surface area contributed by atoms with Gasteiger partial charge in [0, 0.05) is 5.56 Å². The first-order chi connectivity index (χ1) is 7.01. The van der Waals surface area contributed by atoms with Gasteiger partial charge in [0.15, 0.2) is 5.78 Å². The van der Waals surface area contributed by atoms with Crippen LogP contribution in [0.5, 0.6) is 0 Å². The molecule has 0 spiro atoms. The number of Topliss-reactive ketones (excluding diaryl/α,β-unsaturated/α-hetero) is 1. The first-order valence-electron chi connectivity index (χ1n) is 5.32. The molecule has 0 radical (unpaired) electrons.